The molecule has 0 aromatic heterocycles. The highest BCUT2D eigenvalue weighted by atomic mass is 32.2. The van der Waals surface area contributed by atoms with E-state index in [1.165, 1.54) is 6.07 Å². The maximum absolute atomic E-state index is 12.8. The highest BCUT2D eigenvalue weighted by Gasteiger charge is 2.29. The average molecular weight is 443 g/mol. The Kier molecular flexibility index (Phi) is 5.97. The van der Waals surface area contributed by atoms with E-state index < -0.39 is 10.0 Å². The van der Waals surface area contributed by atoms with E-state index in [0.717, 1.165) is 16.9 Å². The molecule has 0 bridgehead atoms. The first-order valence-corrected chi connectivity index (χ1v) is 11.9. The average Bonchev–Trinajstić information content (AvgIpc) is 3.16. The van der Waals surface area contributed by atoms with Gasteiger partial charge in [0.2, 0.25) is 21.8 Å². The van der Waals surface area contributed by atoms with Crippen LogP contribution in [0.5, 0.6) is 0 Å². The molecule has 31 heavy (non-hydrogen) atoms. The van der Waals surface area contributed by atoms with Crippen LogP contribution in [0.4, 0.5) is 11.4 Å². The topological polar surface area (TPSA) is 113 Å². The molecule has 0 radical (unpaired) electrons. The largest absolute Gasteiger partial charge is 0.362 e. The number of benzene rings is 2. The number of amides is 2. The minimum Gasteiger partial charge on any atom is -0.362 e. The SMILES string of the molecule is NS(=O)(=O)c1ccc2c(c1)CCN2CC(=O)N1CCC(C(=O)Nc2ccccc2)CC1. The van der Waals surface area contributed by atoms with Gasteiger partial charge >= 0.3 is 0 Å². The second-order valence-corrected chi connectivity index (χ2v) is 9.58. The van der Waals surface area contributed by atoms with Crippen molar-refractivity contribution >= 4 is 33.2 Å². The van der Waals surface area contributed by atoms with Crippen LogP contribution in [-0.2, 0) is 26.0 Å². The second-order valence-electron chi connectivity index (χ2n) is 8.02. The van der Waals surface area contributed by atoms with Gasteiger partial charge in [-0.1, -0.05) is 18.2 Å². The van der Waals surface area contributed by atoms with Gasteiger partial charge in [0.05, 0.1) is 11.4 Å². The number of likely N-dealkylation sites (tertiary alicyclic amines) is 1. The van der Waals surface area contributed by atoms with E-state index in [4.69, 9.17) is 5.14 Å². The molecule has 2 aromatic rings. The van der Waals surface area contributed by atoms with Gasteiger partial charge in [0.15, 0.2) is 0 Å². The molecule has 1 fully saturated rings. The molecule has 2 heterocycles. The van der Waals surface area contributed by atoms with Gasteiger partial charge in [-0.25, -0.2) is 13.6 Å². The van der Waals surface area contributed by atoms with Crippen LogP contribution in [-0.4, -0.2) is 51.3 Å². The predicted octanol–water partition coefficient (Wildman–Crippen LogP) is 1.57. The molecule has 0 saturated carbocycles. The molecule has 2 amide bonds. The second kappa shape index (κ2) is 8.68. The fourth-order valence-corrected chi connectivity index (χ4v) is 4.77. The number of carbonyl (C=O) groups is 2. The quantitative estimate of drug-likeness (QED) is 0.730. The van der Waals surface area contributed by atoms with Gasteiger partial charge in [-0.2, -0.15) is 0 Å². The summed E-state index contributed by atoms with van der Waals surface area (Å²) in [6, 6.07) is 14.2. The first-order chi connectivity index (χ1) is 14.8. The molecule has 9 heteroatoms. The monoisotopic (exact) mass is 442 g/mol. The highest BCUT2D eigenvalue weighted by molar-refractivity contribution is 7.89. The normalized spacial score (nSPS) is 16.8. The van der Waals surface area contributed by atoms with E-state index in [2.05, 4.69) is 5.32 Å². The van der Waals surface area contributed by atoms with Crippen molar-refractivity contribution in [3.63, 3.8) is 0 Å². The Balaban J connectivity index is 1.31. The lowest BCUT2D eigenvalue weighted by atomic mass is 9.95. The zero-order chi connectivity index (χ0) is 22.0. The summed E-state index contributed by atoms with van der Waals surface area (Å²) in [6.45, 7) is 2.00. The summed E-state index contributed by atoms with van der Waals surface area (Å²) < 4.78 is 23.1. The first kappa shape index (κ1) is 21.3. The van der Waals surface area contributed by atoms with E-state index in [9.17, 15) is 18.0 Å². The molecular formula is C22H26N4O4S. The van der Waals surface area contributed by atoms with Crippen molar-refractivity contribution in [1.82, 2.24) is 4.90 Å². The van der Waals surface area contributed by atoms with Crippen molar-refractivity contribution in [3.8, 4) is 0 Å². The fraction of sp³-hybridized carbons (Fsp3) is 0.364. The number of para-hydroxylation sites is 1. The van der Waals surface area contributed by atoms with Crippen molar-refractivity contribution in [2.24, 2.45) is 11.1 Å². The molecule has 2 aliphatic rings. The predicted molar refractivity (Wildman–Crippen MR) is 118 cm³/mol. The van der Waals surface area contributed by atoms with Crippen LogP contribution in [0.15, 0.2) is 53.4 Å². The van der Waals surface area contributed by atoms with Crippen LogP contribution in [0.2, 0.25) is 0 Å². The zero-order valence-corrected chi connectivity index (χ0v) is 18.0. The minimum atomic E-state index is -3.74. The van der Waals surface area contributed by atoms with Crippen LogP contribution in [0.25, 0.3) is 0 Å². The van der Waals surface area contributed by atoms with Crippen molar-refractivity contribution in [2.45, 2.75) is 24.2 Å². The van der Waals surface area contributed by atoms with E-state index in [-0.39, 0.29) is 29.2 Å². The Morgan fingerprint density at radius 2 is 1.74 bits per heavy atom. The van der Waals surface area contributed by atoms with Crippen molar-refractivity contribution in [1.29, 1.82) is 0 Å². The number of anilines is 2. The van der Waals surface area contributed by atoms with Crippen LogP contribution in [0.1, 0.15) is 18.4 Å². The summed E-state index contributed by atoms with van der Waals surface area (Å²) >= 11 is 0. The number of nitrogens with one attached hydrogen (secondary N) is 1. The summed E-state index contributed by atoms with van der Waals surface area (Å²) in [4.78, 5) is 29.2. The molecule has 1 saturated heterocycles. The molecule has 0 atom stereocenters. The van der Waals surface area contributed by atoms with Gasteiger partial charge in [0, 0.05) is 36.9 Å². The summed E-state index contributed by atoms with van der Waals surface area (Å²) in [6.07, 6.45) is 1.95. The van der Waals surface area contributed by atoms with Gasteiger partial charge in [0.1, 0.15) is 0 Å². The molecule has 0 unspecified atom stereocenters. The number of fused-ring (bicyclic) bond motifs is 1. The van der Waals surface area contributed by atoms with Crippen LogP contribution in [0, 0.1) is 5.92 Å². The van der Waals surface area contributed by atoms with Gasteiger partial charge < -0.3 is 15.1 Å². The molecule has 0 aliphatic carbocycles. The van der Waals surface area contributed by atoms with Crippen molar-refractivity contribution < 1.29 is 18.0 Å². The maximum atomic E-state index is 12.8. The highest BCUT2D eigenvalue weighted by Crippen LogP contribution is 2.30. The molecule has 0 spiro atoms. The number of sulfonamides is 1. The first-order valence-electron chi connectivity index (χ1n) is 10.4. The van der Waals surface area contributed by atoms with E-state index in [0.29, 0.717) is 38.9 Å². The zero-order valence-electron chi connectivity index (χ0n) is 17.2. The summed E-state index contributed by atoms with van der Waals surface area (Å²) in [7, 11) is -3.74. The summed E-state index contributed by atoms with van der Waals surface area (Å²) in [5.74, 6) is -0.0869. The number of primary sulfonamides is 1. The molecule has 2 aliphatic heterocycles. The summed E-state index contributed by atoms with van der Waals surface area (Å²) in [5.41, 5.74) is 2.54. The number of hydrogen-bond acceptors (Lipinski definition) is 5. The third kappa shape index (κ3) is 4.88. The molecule has 2 aromatic carbocycles. The summed E-state index contributed by atoms with van der Waals surface area (Å²) in [5, 5.41) is 8.15. The van der Waals surface area contributed by atoms with E-state index >= 15 is 0 Å². The van der Waals surface area contributed by atoms with E-state index in [1.54, 1.807) is 12.1 Å². The van der Waals surface area contributed by atoms with Gasteiger partial charge in [-0.15, -0.1) is 0 Å². The van der Waals surface area contributed by atoms with Gasteiger partial charge in [-0.3, -0.25) is 9.59 Å². The Hall–Kier alpha value is -2.91. The van der Waals surface area contributed by atoms with Gasteiger partial charge in [0.25, 0.3) is 0 Å². The number of hydrogen-bond donors (Lipinski definition) is 2. The Morgan fingerprint density at radius 1 is 1.03 bits per heavy atom. The number of carbonyl (C=O) groups excluding carboxylic acids is 2. The number of nitrogens with two attached hydrogens (primary N) is 1. The van der Waals surface area contributed by atoms with Crippen molar-refractivity contribution in [3.05, 3.63) is 54.1 Å². The number of rotatable bonds is 5. The maximum Gasteiger partial charge on any atom is 0.242 e. The smallest absolute Gasteiger partial charge is 0.242 e. The molecule has 4 rings (SSSR count). The lowest BCUT2D eigenvalue weighted by Crippen LogP contribution is -2.45. The minimum absolute atomic E-state index is 0.00238. The molecule has 3 N–H and O–H groups in total. The number of piperidine rings is 1. The lowest BCUT2D eigenvalue weighted by Gasteiger charge is -2.33. The van der Waals surface area contributed by atoms with Gasteiger partial charge in [-0.05, 0) is 55.2 Å². The molecule has 164 valence electrons. The third-order valence-electron chi connectivity index (χ3n) is 5.96. The van der Waals surface area contributed by atoms with Crippen LogP contribution < -0.4 is 15.4 Å². The van der Waals surface area contributed by atoms with Crippen LogP contribution in [0.3, 0.4) is 0 Å². The van der Waals surface area contributed by atoms with Crippen LogP contribution >= 0.6 is 0 Å². The fourth-order valence-electron chi connectivity index (χ4n) is 4.21. The lowest BCUT2D eigenvalue weighted by molar-refractivity contribution is -0.133. The Labute approximate surface area is 182 Å². The van der Waals surface area contributed by atoms with E-state index in [1.807, 2.05) is 40.1 Å². The molecule has 8 nitrogen and oxygen atoms in total. The third-order valence-corrected chi connectivity index (χ3v) is 6.87. The molecular weight excluding hydrogens is 416 g/mol. The number of nitrogens with zero attached hydrogens (tertiary/aromatic N) is 2. The van der Waals surface area contributed by atoms with Crippen molar-refractivity contribution in [2.75, 3.05) is 36.4 Å². The standard InChI is InChI=1S/C22H26N4O4S/c23-31(29,30)19-6-7-20-17(14-19)10-13-26(20)15-21(27)25-11-8-16(9-12-25)22(28)24-18-4-2-1-3-5-18/h1-7,14,16H,8-13,15H2,(H,24,28)(H2,23,29,30). The Bertz CT molecular complexity index is 1080. The Morgan fingerprint density at radius 3 is 2.42 bits per heavy atom.